The molecule has 35 heavy (non-hydrogen) atoms. The maximum atomic E-state index is 12.9. The molecule has 2 aliphatic carbocycles. The summed E-state index contributed by atoms with van der Waals surface area (Å²) < 4.78 is 5.49. The number of anilines is 1. The third-order valence-electron chi connectivity index (χ3n) is 10.1. The van der Waals surface area contributed by atoms with E-state index in [1.165, 1.54) is 24.8 Å². The molecule has 1 spiro atoms. The molecule has 1 aromatic heterocycles. The molecular formula is C29H38ClN3O2. The summed E-state index contributed by atoms with van der Waals surface area (Å²) in [5, 5.41) is 6.06. The number of fused-ring (bicyclic) bond motifs is 1. The second-order valence-corrected chi connectivity index (χ2v) is 12.3. The Morgan fingerprint density at radius 3 is 2.60 bits per heavy atom. The SMILES string of the molecule is CC1CCC[C@@]1(C)N1CCC(c2cc3cc(NC(=O)[C@H]4CC45CCOCC5)ncc3cc2Cl)CC1. The van der Waals surface area contributed by atoms with Crippen molar-refractivity contribution in [3.8, 4) is 0 Å². The number of hydrogen-bond donors (Lipinski definition) is 1. The maximum absolute atomic E-state index is 12.9. The zero-order chi connectivity index (χ0) is 24.2. The molecule has 3 heterocycles. The van der Waals surface area contributed by atoms with Crippen molar-refractivity contribution in [3.05, 3.63) is 35.0 Å². The molecule has 0 bridgehead atoms. The summed E-state index contributed by atoms with van der Waals surface area (Å²) in [6.07, 6.45) is 11.1. The summed E-state index contributed by atoms with van der Waals surface area (Å²) in [4.78, 5) is 20.2. The second-order valence-electron chi connectivity index (χ2n) is 11.9. The highest BCUT2D eigenvalue weighted by molar-refractivity contribution is 6.32. The zero-order valence-electron chi connectivity index (χ0n) is 21.1. The first-order valence-electron chi connectivity index (χ1n) is 13.6. The Morgan fingerprint density at radius 1 is 1.11 bits per heavy atom. The largest absolute Gasteiger partial charge is 0.381 e. The second kappa shape index (κ2) is 9.00. The molecule has 4 fully saturated rings. The van der Waals surface area contributed by atoms with Gasteiger partial charge in [-0.1, -0.05) is 24.9 Å². The third kappa shape index (κ3) is 4.28. The number of ether oxygens (including phenoxy) is 1. The molecule has 3 atom stereocenters. The van der Waals surface area contributed by atoms with E-state index in [1.807, 2.05) is 12.3 Å². The van der Waals surface area contributed by atoms with Gasteiger partial charge in [-0.05, 0) is 111 Å². The number of halogens is 1. The van der Waals surface area contributed by atoms with Gasteiger partial charge in [0.1, 0.15) is 5.82 Å². The maximum Gasteiger partial charge on any atom is 0.229 e. The standard InChI is InChI=1S/C29H38ClN3O2/c1-19-4-3-7-28(19,2)33-10-5-20(6-11-33)23-14-21-16-26(31-18-22(21)15-25(23)30)32-27(34)24-17-29(24)8-12-35-13-9-29/h14-16,18-20,24H,3-13,17H2,1-2H3,(H,31,32,34)/t19?,24-,28-/m1/s1. The van der Waals surface area contributed by atoms with Crippen molar-refractivity contribution in [1.29, 1.82) is 0 Å². The lowest BCUT2D eigenvalue weighted by atomic mass is 9.83. The average molecular weight is 496 g/mol. The van der Waals surface area contributed by atoms with Crippen molar-refractivity contribution < 1.29 is 9.53 Å². The monoisotopic (exact) mass is 495 g/mol. The van der Waals surface area contributed by atoms with Crippen molar-refractivity contribution in [3.63, 3.8) is 0 Å². The van der Waals surface area contributed by atoms with Crippen molar-refractivity contribution in [1.82, 2.24) is 9.88 Å². The molecule has 6 rings (SSSR count). The molecule has 1 N–H and O–H groups in total. The molecule has 5 nitrogen and oxygen atoms in total. The first kappa shape index (κ1) is 23.7. The predicted octanol–water partition coefficient (Wildman–Crippen LogP) is 6.40. The van der Waals surface area contributed by atoms with Crippen molar-refractivity contribution >= 4 is 34.1 Å². The minimum atomic E-state index is 0.0966. The first-order chi connectivity index (χ1) is 16.9. The molecule has 2 saturated carbocycles. The highest BCUT2D eigenvalue weighted by atomic mass is 35.5. The number of benzene rings is 1. The van der Waals surface area contributed by atoms with E-state index in [0.29, 0.717) is 17.3 Å². The third-order valence-corrected chi connectivity index (χ3v) is 10.4. The van der Waals surface area contributed by atoms with E-state index in [0.717, 1.165) is 80.1 Å². The number of nitrogens with one attached hydrogen (secondary N) is 1. The Bertz CT molecular complexity index is 1120. The van der Waals surface area contributed by atoms with Gasteiger partial charge in [0, 0.05) is 41.3 Å². The van der Waals surface area contributed by atoms with E-state index in [1.54, 1.807) is 0 Å². The number of pyridine rings is 1. The van der Waals surface area contributed by atoms with Crippen LogP contribution in [0.15, 0.2) is 24.4 Å². The van der Waals surface area contributed by atoms with Crippen LogP contribution < -0.4 is 5.32 Å². The van der Waals surface area contributed by atoms with Gasteiger partial charge in [-0.3, -0.25) is 9.69 Å². The highest BCUT2D eigenvalue weighted by Gasteiger charge is 2.58. The van der Waals surface area contributed by atoms with E-state index >= 15 is 0 Å². The van der Waals surface area contributed by atoms with Crippen LogP contribution in [0.2, 0.25) is 5.02 Å². The van der Waals surface area contributed by atoms with E-state index in [4.69, 9.17) is 16.3 Å². The lowest BCUT2D eigenvalue weighted by molar-refractivity contribution is -0.118. The lowest BCUT2D eigenvalue weighted by Gasteiger charge is -2.46. The smallest absolute Gasteiger partial charge is 0.229 e. The molecule has 1 unspecified atom stereocenters. The topological polar surface area (TPSA) is 54.5 Å². The molecule has 0 radical (unpaired) electrons. The predicted molar refractivity (Wildman–Crippen MR) is 141 cm³/mol. The van der Waals surface area contributed by atoms with Gasteiger partial charge in [0.05, 0.1) is 0 Å². The Kier molecular flexibility index (Phi) is 6.10. The number of carbonyl (C=O) groups is 1. The zero-order valence-corrected chi connectivity index (χ0v) is 21.9. The van der Waals surface area contributed by atoms with E-state index in [9.17, 15) is 4.79 Å². The summed E-state index contributed by atoms with van der Waals surface area (Å²) in [6.45, 7) is 8.74. The van der Waals surface area contributed by atoms with Gasteiger partial charge in [-0.25, -0.2) is 4.98 Å². The Labute approximate surface area is 213 Å². The number of likely N-dealkylation sites (tertiary alicyclic amines) is 1. The fourth-order valence-electron chi connectivity index (χ4n) is 7.32. The van der Waals surface area contributed by atoms with Crippen LogP contribution >= 0.6 is 11.6 Å². The molecule has 188 valence electrons. The summed E-state index contributed by atoms with van der Waals surface area (Å²) in [7, 11) is 0. The van der Waals surface area contributed by atoms with Crippen molar-refractivity contribution in [2.24, 2.45) is 17.3 Å². The van der Waals surface area contributed by atoms with E-state index in [-0.39, 0.29) is 17.2 Å². The first-order valence-corrected chi connectivity index (χ1v) is 14.0. The highest BCUT2D eigenvalue weighted by Crippen LogP contribution is 2.59. The average Bonchev–Trinajstić information content (AvgIpc) is 3.44. The van der Waals surface area contributed by atoms with Gasteiger partial charge in [0.25, 0.3) is 0 Å². The number of hydrogen-bond acceptors (Lipinski definition) is 4. The molecule has 6 heteroatoms. The molecule has 1 amide bonds. The van der Waals surface area contributed by atoms with Crippen molar-refractivity contribution in [2.45, 2.75) is 76.7 Å². The minimum Gasteiger partial charge on any atom is -0.381 e. The van der Waals surface area contributed by atoms with Crippen LogP contribution in [0.25, 0.3) is 10.8 Å². The molecular weight excluding hydrogens is 458 g/mol. The summed E-state index contributed by atoms with van der Waals surface area (Å²) >= 11 is 6.79. The molecule has 2 saturated heterocycles. The Morgan fingerprint density at radius 2 is 1.89 bits per heavy atom. The van der Waals surface area contributed by atoms with Crippen LogP contribution in [-0.2, 0) is 9.53 Å². The van der Waals surface area contributed by atoms with Crippen LogP contribution in [0.3, 0.4) is 0 Å². The number of nitrogens with zero attached hydrogens (tertiary/aromatic N) is 2. The fraction of sp³-hybridized carbons (Fsp3) is 0.655. The van der Waals surface area contributed by atoms with E-state index in [2.05, 4.69) is 41.2 Å². The minimum absolute atomic E-state index is 0.0966. The normalized spacial score (nSPS) is 31.2. The van der Waals surface area contributed by atoms with Crippen molar-refractivity contribution in [2.75, 3.05) is 31.6 Å². The van der Waals surface area contributed by atoms with Gasteiger partial charge in [-0.15, -0.1) is 0 Å². The van der Waals surface area contributed by atoms with Gasteiger partial charge in [0.2, 0.25) is 5.91 Å². The molecule has 4 aliphatic rings. The molecule has 2 aliphatic heterocycles. The summed E-state index contributed by atoms with van der Waals surface area (Å²) in [5.41, 5.74) is 1.78. The quantitative estimate of drug-likeness (QED) is 0.533. The van der Waals surface area contributed by atoms with Gasteiger partial charge < -0.3 is 10.1 Å². The fourth-order valence-corrected chi connectivity index (χ4v) is 7.65. The van der Waals surface area contributed by atoms with Crippen LogP contribution in [0, 0.1) is 17.3 Å². The number of amides is 1. The number of rotatable bonds is 4. The summed E-state index contributed by atoms with van der Waals surface area (Å²) in [6, 6.07) is 6.31. The number of piperidine rings is 1. The number of aromatic nitrogens is 1. The van der Waals surface area contributed by atoms with Crippen LogP contribution in [-0.4, -0.2) is 47.6 Å². The molecule has 1 aromatic carbocycles. The van der Waals surface area contributed by atoms with Crippen LogP contribution in [0.1, 0.15) is 76.7 Å². The van der Waals surface area contributed by atoms with Gasteiger partial charge >= 0.3 is 0 Å². The lowest BCUT2D eigenvalue weighted by Crippen LogP contribution is -2.51. The van der Waals surface area contributed by atoms with E-state index < -0.39 is 0 Å². The van der Waals surface area contributed by atoms with Crippen LogP contribution in [0.5, 0.6) is 0 Å². The Hall–Kier alpha value is -1.69. The number of carbonyl (C=O) groups excluding carboxylic acids is 1. The van der Waals surface area contributed by atoms with Crippen LogP contribution in [0.4, 0.5) is 5.82 Å². The van der Waals surface area contributed by atoms with Gasteiger partial charge in [-0.2, -0.15) is 0 Å². The van der Waals surface area contributed by atoms with Gasteiger partial charge in [0.15, 0.2) is 0 Å². The molecule has 2 aromatic rings. The summed E-state index contributed by atoms with van der Waals surface area (Å²) in [5.74, 6) is 2.10. The Balaban J connectivity index is 1.15.